The number of ether oxygens (including phenoxy) is 4. The Labute approximate surface area is 445 Å². The molecule has 0 saturated carbocycles. The molecule has 4 heterocycles. The number of amides is 6. The molecule has 74 heavy (non-hydrogen) atoms. The van der Waals surface area contributed by atoms with Gasteiger partial charge in [-0.25, -0.2) is 13.9 Å². The molecule has 3 aromatic carbocycles. The number of thioether (sulfide) groups is 1. The van der Waals surface area contributed by atoms with Crippen LogP contribution in [0.1, 0.15) is 77.7 Å². The topological polar surface area (TPSA) is 203 Å². The lowest BCUT2D eigenvalue weighted by Crippen LogP contribution is -2.55. The molecule has 0 radical (unpaired) electrons. The van der Waals surface area contributed by atoms with Crippen molar-refractivity contribution in [1.82, 2.24) is 36.4 Å². The predicted octanol–water partition coefficient (Wildman–Crippen LogP) is 5.47. The van der Waals surface area contributed by atoms with Gasteiger partial charge in [0.15, 0.2) is 0 Å². The molecule has 3 aliphatic rings. The fourth-order valence-corrected chi connectivity index (χ4v) is 10.4. The number of fused-ring (bicyclic) bond motifs is 2. The van der Waals surface area contributed by atoms with Crippen LogP contribution in [0.3, 0.4) is 0 Å². The summed E-state index contributed by atoms with van der Waals surface area (Å²) in [6.45, 7) is 4.46. The summed E-state index contributed by atoms with van der Waals surface area (Å²) in [6.07, 6.45) is -1.59. The first kappa shape index (κ1) is 59.5. The average molecular weight is 1090 g/mol. The SMILES string of the molecule is CCN1C(=O)[C@@H](NC(=O)c2cccc(C(F)(F)F)c2)[C@@H](c2ccc(F)cc2)c2c(CNC(=O)CCOCCOCCOCCOCCNC(=O)CCCCC3SCC4NC(=O)NC43)nn(-c3ccccc3)c21.S.S. The van der Waals surface area contributed by atoms with E-state index in [-0.39, 0.29) is 102 Å². The second-order valence-electron chi connectivity index (χ2n) is 17.3. The fraction of sp³-hybridized carbons (Fsp3) is 0.480. The maximum absolute atomic E-state index is 14.5. The van der Waals surface area contributed by atoms with Gasteiger partial charge in [-0.2, -0.15) is 57.0 Å². The minimum atomic E-state index is -4.72. The van der Waals surface area contributed by atoms with Crippen LogP contribution in [0.4, 0.5) is 28.2 Å². The molecule has 24 heteroatoms. The number of rotatable bonds is 27. The van der Waals surface area contributed by atoms with Gasteiger partial charge in [0.05, 0.1) is 88.4 Å². The number of alkyl halides is 3. The number of carbonyl (C=O) groups is 5. The van der Waals surface area contributed by atoms with E-state index in [0.717, 1.165) is 37.1 Å². The lowest BCUT2D eigenvalue weighted by atomic mass is 9.80. The molecule has 2 fully saturated rings. The lowest BCUT2D eigenvalue weighted by Gasteiger charge is -2.38. The monoisotopic (exact) mass is 1090 g/mol. The Balaban J connectivity index is 0.00000507. The van der Waals surface area contributed by atoms with Crippen molar-refractivity contribution in [2.45, 2.75) is 81.0 Å². The van der Waals surface area contributed by atoms with Crippen LogP contribution in [0.5, 0.6) is 0 Å². The zero-order valence-corrected chi connectivity index (χ0v) is 43.7. The maximum Gasteiger partial charge on any atom is 0.416 e. The Kier molecular flexibility index (Phi) is 23.4. The molecule has 3 unspecified atom stereocenters. The fourth-order valence-electron chi connectivity index (χ4n) is 8.87. The third-order valence-corrected chi connectivity index (χ3v) is 13.9. The van der Waals surface area contributed by atoms with E-state index in [4.69, 9.17) is 24.0 Å². The van der Waals surface area contributed by atoms with Crippen molar-refractivity contribution in [3.63, 3.8) is 0 Å². The van der Waals surface area contributed by atoms with Gasteiger partial charge < -0.3 is 45.5 Å². The minimum absolute atomic E-state index is 0. The predicted molar refractivity (Wildman–Crippen MR) is 280 cm³/mol. The molecule has 4 aromatic rings. The zero-order chi connectivity index (χ0) is 51.0. The van der Waals surface area contributed by atoms with Gasteiger partial charge in [0.25, 0.3) is 11.8 Å². The normalized spacial score (nSPS) is 18.8. The van der Waals surface area contributed by atoms with Gasteiger partial charge in [0.2, 0.25) is 11.8 Å². The number of aromatic nitrogens is 2. The highest BCUT2D eigenvalue weighted by molar-refractivity contribution is 8.00. The van der Waals surface area contributed by atoms with Crippen molar-refractivity contribution >= 4 is 74.2 Å². The molecule has 3 aliphatic heterocycles. The first-order valence-electron chi connectivity index (χ1n) is 24.1. The van der Waals surface area contributed by atoms with Crippen LogP contribution in [0.25, 0.3) is 5.69 Å². The van der Waals surface area contributed by atoms with Gasteiger partial charge in [-0.1, -0.05) is 42.8 Å². The van der Waals surface area contributed by atoms with Crippen molar-refractivity contribution in [2.24, 2.45) is 0 Å². The molecule has 17 nitrogen and oxygen atoms in total. The number of hydrogen-bond acceptors (Lipinski definition) is 11. The third kappa shape index (κ3) is 16.1. The largest absolute Gasteiger partial charge is 0.416 e. The van der Waals surface area contributed by atoms with Crippen molar-refractivity contribution in [3.8, 4) is 5.69 Å². The zero-order valence-electron chi connectivity index (χ0n) is 40.8. The molecule has 5 N–H and O–H groups in total. The Morgan fingerprint density at radius 1 is 0.797 bits per heavy atom. The van der Waals surface area contributed by atoms with E-state index in [0.29, 0.717) is 85.6 Å². The van der Waals surface area contributed by atoms with Crippen molar-refractivity contribution in [2.75, 3.05) is 76.6 Å². The summed E-state index contributed by atoms with van der Waals surface area (Å²) in [6, 6.07) is 17.1. The standard InChI is InChI=1S/C50H60F4N8O9S.2H2S/c1-2-61-47-43(42(32-15-17-35(51)18-16-32)45(48(61)66)58-46(65)33-9-8-10-34(29-33)50(52,53)54)37(60-62(47)36-11-4-3-5-12-36)30-56-41(64)19-21-68-23-25-70-27-28-71-26-24-69-22-20-55-40(63)14-7-6-13-39-44-38(31-72-39)57-49(67)59-44;;/h3-5,8-12,15-18,29,38-39,42,44-45H,2,6-7,13-14,19-28,30-31H2,1H3,(H,55,63)(H,56,64)(H,58,65)(H2,57,59,67);2*1H2/t38?,39?,42-,44?,45-;;/m0../s1. The van der Waals surface area contributed by atoms with E-state index in [2.05, 4.69) is 26.6 Å². The summed E-state index contributed by atoms with van der Waals surface area (Å²) in [4.78, 5) is 66.6. The number of urea groups is 1. The highest BCUT2D eigenvalue weighted by Gasteiger charge is 2.47. The van der Waals surface area contributed by atoms with E-state index >= 15 is 0 Å². The third-order valence-electron chi connectivity index (χ3n) is 12.4. The number of nitrogens with zero attached hydrogens (tertiary/aromatic N) is 3. The van der Waals surface area contributed by atoms with Crippen LogP contribution in [0.2, 0.25) is 0 Å². The number of para-hydroxylation sites is 1. The van der Waals surface area contributed by atoms with Crippen molar-refractivity contribution < 1.29 is 60.5 Å². The number of carbonyl (C=O) groups excluding carboxylic acids is 5. The van der Waals surface area contributed by atoms with Crippen LogP contribution in [0, 0.1) is 5.82 Å². The Bertz CT molecular complexity index is 2480. The smallest absolute Gasteiger partial charge is 0.379 e. The number of anilines is 1. The number of halogens is 4. The summed E-state index contributed by atoms with van der Waals surface area (Å²) in [5.74, 6) is -2.17. The maximum atomic E-state index is 14.5. The first-order valence-corrected chi connectivity index (χ1v) is 25.1. The van der Waals surface area contributed by atoms with Gasteiger partial charge in [0, 0.05) is 54.0 Å². The molecule has 0 spiro atoms. The Morgan fingerprint density at radius 2 is 1.46 bits per heavy atom. The number of unbranched alkanes of at least 4 members (excludes halogenated alkanes) is 1. The van der Waals surface area contributed by atoms with Gasteiger partial charge in [-0.15, -0.1) is 0 Å². The number of benzene rings is 3. The lowest BCUT2D eigenvalue weighted by molar-refractivity contribution is -0.137. The molecule has 7 rings (SSSR count). The number of nitrogens with one attached hydrogen (secondary N) is 5. The van der Waals surface area contributed by atoms with Gasteiger partial charge >= 0.3 is 12.2 Å². The van der Waals surface area contributed by atoms with E-state index in [9.17, 15) is 41.5 Å². The Hall–Kier alpha value is -5.37. The van der Waals surface area contributed by atoms with Crippen LogP contribution >= 0.6 is 38.8 Å². The van der Waals surface area contributed by atoms with Crippen molar-refractivity contribution in [1.29, 1.82) is 0 Å². The van der Waals surface area contributed by atoms with E-state index in [1.807, 2.05) is 17.8 Å². The summed E-state index contributed by atoms with van der Waals surface area (Å²) in [5.41, 5.74) is 0.436. The highest BCUT2D eigenvalue weighted by Crippen LogP contribution is 2.44. The molecular weight excluding hydrogens is 1030 g/mol. The van der Waals surface area contributed by atoms with Crippen LogP contribution in [-0.4, -0.2) is 135 Å². The average Bonchev–Trinajstić information content (AvgIpc) is 4.06. The van der Waals surface area contributed by atoms with E-state index in [1.165, 1.54) is 35.2 Å². The van der Waals surface area contributed by atoms with Crippen molar-refractivity contribution in [3.05, 3.63) is 113 Å². The second kappa shape index (κ2) is 29.1. The number of likely N-dealkylation sites (N-methyl/N-ethyl adjacent to an activating group) is 1. The summed E-state index contributed by atoms with van der Waals surface area (Å²) in [7, 11) is 0. The first-order chi connectivity index (χ1) is 34.8. The summed E-state index contributed by atoms with van der Waals surface area (Å²) in [5, 5.41) is 19.6. The quantitative estimate of drug-likeness (QED) is 0.0288. The van der Waals surface area contributed by atoms with Gasteiger partial charge in [-0.3, -0.25) is 24.1 Å². The molecule has 2 saturated heterocycles. The molecule has 1 aromatic heterocycles. The molecular formula is C50H64F4N8O9S3. The summed E-state index contributed by atoms with van der Waals surface area (Å²) < 4.78 is 79.1. The van der Waals surface area contributed by atoms with Crippen LogP contribution < -0.4 is 31.5 Å². The van der Waals surface area contributed by atoms with Gasteiger partial charge in [-0.05, 0) is 67.8 Å². The van der Waals surface area contributed by atoms with E-state index < -0.39 is 41.3 Å². The number of hydrogen-bond donors (Lipinski definition) is 5. The molecule has 6 amide bonds. The van der Waals surface area contributed by atoms with Crippen LogP contribution in [0.15, 0.2) is 78.9 Å². The van der Waals surface area contributed by atoms with Crippen LogP contribution in [-0.2, 0) is 46.1 Å². The van der Waals surface area contributed by atoms with Gasteiger partial charge in [0.1, 0.15) is 17.7 Å². The molecule has 5 atom stereocenters. The highest BCUT2D eigenvalue weighted by atomic mass is 32.2. The summed E-state index contributed by atoms with van der Waals surface area (Å²) >= 11 is 1.87. The molecule has 0 aliphatic carbocycles. The second-order valence-corrected chi connectivity index (χ2v) is 18.5. The minimum Gasteiger partial charge on any atom is -0.379 e. The molecule has 404 valence electrons. The Morgan fingerprint density at radius 3 is 2.14 bits per heavy atom. The molecule has 0 bridgehead atoms. The van der Waals surface area contributed by atoms with E-state index in [1.54, 1.807) is 35.9 Å².